The van der Waals surface area contributed by atoms with E-state index in [1.54, 1.807) is 6.33 Å². The van der Waals surface area contributed by atoms with Gasteiger partial charge in [-0.2, -0.15) is 5.10 Å². The molecule has 1 N–H and O–H groups in total. The Balaban J connectivity index is 2.00. The van der Waals surface area contributed by atoms with E-state index in [0.29, 0.717) is 6.04 Å². The Morgan fingerprint density at radius 3 is 2.94 bits per heavy atom. The van der Waals surface area contributed by atoms with E-state index in [1.807, 2.05) is 23.1 Å². The number of likely N-dealkylation sites (N-methyl/N-ethyl adjacent to an activating group) is 1. The Labute approximate surface area is 106 Å². The summed E-state index contributed by atoms with van der Waals surface area (Å²) in [5.74, 6) is 1.03. The van der Waals surface area contributed by atoms with Gasteiger partial charge in [0.1, 0.15) is 12.2 Å². The molecule has 0 saturated carbocycles. The number of aromatic nitrogens is 3. The molecule has 17 heavy (non-hydrogen) atoms. The molecule has 1 atom stereocenters. The molecule has 0 saturated heterocycles. The second-order valence-electron chi connectivity index (χ2n) is 4.04. The topological polar surface area (TPSA) is 42.7 Å². The van der Waals surface area contributed by atoms with Crippen LogP contribution in [-0.4, -0.2) is 27.4 Å². The maximum atomic E-state index is 4.28. The predicted molar refractivity (Wildman–Crippen MR) is 70.2 cm³/mol. The van der Waals surface area contributed by atoms with Gasteiger partial charge >= 0.3 is 0 Å². The summed E-state index contributed by atoms with van der Waals surface area (Å²) in [5, 5.41) is 9.74. The third-order valence-corrected chi connectivity index (χ3v) is 3.65. The summed E-state index contributed by atoms with van der Waals surface area (Å²) in [4.78, 5) is 5.70. The first-order chi connectivity index (χ1) is 8.29. The third-order valence-electron chi connectivity index (χ3n) is 2.75. The number of rotatable bonds is 6. The normalized spacial score (nSPS) is 12.8. The molecule has 0 aliphatic carbocycles. The molecule has 0 aromatic carbocycles. The lowest BCUT2D eigenvalue weighted by atomic mass is 10.1. The maximum Gasteiger partial charge on any atom is 0.138 e. The van der Waals surface area contributed by atoms with E-state index in [-0.39, 0.29) is 0 Å². The van der Waals surface area contributed by atoms with Crippen LogP contribution in [0.15, 0.2) is 23.8 Å². The van der Waals surface area contributed by atoms with Crippen LogP contribution in [0.5, 0.6) is 0 Å². The van der Waals surface area contributed by atoms with Gasteiger partial charge in [-0.05, 0) is 24.4 Å². The summed E-state index contributed by atoms with van der Waals surface area (Å²) in [7, 11) is 1.94. The van der Waals surface area contributed by atoms with Crippen molar-refractivity contribution in [3.8, 4) is 0 Å². The summed E-state index contributed by atoms with van der Waals surface area (Å²) < 4.78 is 1.85. The zero-order valence-corrected chi connectivity index (χ0v) is 11.1. The first-order valence-electron chi connectivity index (χ1n) is 5.88. The van der Waals surface area contributed by atoms with Gasteiger partial charge in [0.25, 0.3) is 0 Å². The molecular formula is C12H18N4S. The zero-order valence-electron chi connectivity index (χ0n) is 10.3. The molecule has 0 aliphatic rings. The van der Waals surface area contributed by atoms with E-state index in [2.05, 4.69) is 39.8 Å². The smallest absolute Gasteiger partial charge is 0.138 e. The van der Waals surface area contributed by atoms with Crippen LogP contribution < -0.4 is 5.32 Å². The molecule has 2 aromatic rings. The number of hydrogen-bond acceptors (Lipinski definition) is 4. The first kappa shape index (κ1) is 12.3. The van der Waals surface area contributed by atoms with Gasteiger partial charge in [0, 0.05) is 24.4 Å². The van der Waals surface area contributed by atoms with Gasteiger partial charge in [0.05, 0.1) is 0 Å². The highest BCUT2D eigenvalue weighted by Crippen LogP contribution is 2.13. The lowest BCUT2D eigenvalue weighted by molar-refractivity contribution is 0.501. The summed E-state index contributed by atoms with van der Waals surface area (Å²) in [6.45, 7) is 3.12. The standard InChI is InChI=1S/C12H18N4S/c1-3-13-10(7-11-5-4-6-17-11)8-12-14-9-15-16(12)2/h4-6,9-10,13H,3,7-8H2,1-2H3. The molecule has 2 aromatic heterocycles. The van der Waals surface area contributed by atoms with Gasteiger partial charge in [-0.15, -0.1) is 11.3 Å². The third kappa shape index (κ3) is 3.38. The van der Waals surface area contributed by atoms with Crippen LogP contribution in [0.25, 0.3) is 0 Å². The average Bonchev–Trinajstić information content (AvgIpc) is 2.92. The summed E-state index contributed by atoms with van der Waals surface area (Å²) in [6, 6.07) is 4.72. The van der Waals surface area contributed by atoms with Gasteiger partial charge in [0.15, 0.2) is 0 Å². The summed E-state index contributed by atoms with van der Waals surface area (Å²) in [6.07, 6.45) is 3.59. The second-order valence-corrected chi connectivity index (χ2v) is 5.07. The van der Waals surface area contributed by atoms with Crippen molar-refractivity contribution in [3.05, 3.63) is 34.5 Å². The van der Waals surface area contributed by atoms with Crippen molar-refractivity contribution < 1.29 is 0 Å². The summed E-state index contributed by atoms with van der Waals surface area (Å²) >= 11 is 1.81. The lowest BCUT2D eigenvalue weighted by Gasteiger charge is -2.16. The Morgan fingerprint density at radius 1 is 1.47 bits per heavy atom. The molecule has 2 rings (SSSR count). The van der Waals surface area contributed by atoms with Crippen molar-refractivity contribution in [2.75, 3.05) is 6.54 Å². The van der Waals surface area contributed by atoms with E-state index in [0.717, 1.165) is 25.2 Å². The predicted octanol–water partition coefficient (Wildman–Crippen LogP) is 1.64. The van der Waals surface area contributed by atoms with Crippen LogP contribution in [-0.2, 0) is 19.9 Å². The second kappa shape index (κ2) is 5.93. The molecule has 0 amide bonds. The average molecular weight is 250 g/mol. The molecule has 0 fully saturated rings. The van der Waals surface area contributed by atoms with Crippen LogP contribution in [0.2, 0.25) is 0 Å². The summed E-state index contributed by atoms with van der Waals surface area (Å²) in [5.41, 5.74) is 0. The molecule has 2 heterocycles. The Bertz CT molecular complexity index is 435. The van der Waals surface area contributed by atoms with Gasteiger partial charge in [-0.3, -0.25) is 4.68 Å². The van der Waals surface area contributed by atoms with Crippen LogP contribution in [0.1, 0.15) is 17.6 Å². The van der Waals surface area contributed by atoms with Crippen LogP contribution in [0.4, 0.5) is 0 Å². The molecule has 4 nitrogen and oxygen atoms in total. The van der Waals surface area contributed by atoms with Crippen molar-refractivity contribution in [1.29, 1.82) is 0 Å². The fraction of sp³-hybridized carbons (Fsp3) is 0.500. The fourth-order valence-electron chi connectivity index (χ4n) is 1.90. The molecule has 0 aliphatic heterocycles. The zero-order chi connectivity index (χ0) is 12.1. The Morgan fingerprint density at radius 2 is 2.35 bits per heavy atom. The number of nitrogens with one attached hydrogen (secondary N) is 1. The van der Waals surface area contributed by atoms with Crippen LogP contribution in [0, 0.1) is 0 Å². The quantitative estimate of drug-likeness (QED) is 0.847. The number of aryl methyl sites for hydroxylation is 1. The van der Waals surface area contributed by atoms with E-state index in [4.69, 9.17) is 0 Å². The molecule has 0 spiro atoms. The SMILES string of the molecule is CCNC(Cc1cccs1)Cc1ncnn1C. The molecular weight excluding hydrogens is 232 g/mol. The molecule has 0 radical (unpaired) electrons. The fourth-order valence-corrected chi connectivity index (χ4v) is 2.69. The van der Waals surface area contributed by atoms with Crippen molar-refractivity contribution in [2.24, 2.45) is 7.05 Å². The highest BCUT2D eigenvalue weighted by molar-refractivity contribution is 7.09. The first-order valence-corrected chi connectivity index (χ1v) is 6.76. The Hall–Kier alpha value is -1.20. The van der Waals surface area contributed by atoms with Gasteiger partial charge in [-0.1, -0.05) is 13.0 Å². The monoisotopic (exact) mass is 250 g/mol. The molecule has 5 heteroatoms. The van der Waals surface area contributed by atoms with E-state index < -0.39 is 0 Å². The highest BCUT2D eigenvalue weighted by atomic mass is 32.1. The molecule has 92 valence electrons. The van der Waals surface area contributed by atoms with E-state index >= 15 is 0 Å². The lowest BCUT2D eigenvalue weighted by Crippen LogP contribution is -2.33. The van der Waals surface area contributed by atoms with Gasteiger partial charge in [0.2, 0.25) is 0 Å². The minimum Gasteiger partial charge on any atom is -0.313 e. The van der Waals surface area contributed by atoms with Crippen molar-refractivity contribution in [3.63, 3.8) is 0 Å². The molecule has 0 bridgehead atoms. The minimum atomic E-state index is 0.432. The highest BCUT2D eigenvalue weighted by Gasteiger charge is 2.13. The maximum absolute atomic E-state index is 4.28. The molecule has 1 unspecified atom stereocenters. The number of hydrogen-bond donors (Lipinski definition) is 1. The Kier molecular flexibility index (Phi) is 4.28. The van der Waals surface area contributed by atoms with Gasteiger partial charge in [-0.25, -0.2) is 4.98 Å². The number of thiophene rings is 1. The van der Waals surface area contributed by atoms with Crippen molar-refractivity contribution in [2.45, 2.75) is 25.8 Å². The van der Waals surface area contributed by atoms with Crippen LogP contribution >= 0.6 is 11.3 Å². The van der Waals surface area contributed by atoms with Gasteiger partial charge < -0.3 is 5.32 Å². The van der Waals surface area contributed by atoms with Crippen molar-refractivity contribution >= 4 is 11.3 Å². The number of nitrogens with zero attached hydrogens (tertiary/aromatic N) is 3. The largest absolute Gasteiger partial charge is 0.313 e. The minimum absolute atomic E-state index is 0.432. The van der Waals surface area contributed by atoms with E-state index in [1.165, 1.54) is 4.88 Å². The van der Waals surface area contributed by atoms with Crippen LogP contribution in [0.3, 0.4) is 0 Å². The van der Waals surface area contributed by atoms with Crippen molar-refractivity contribution in [1.82, 2.24) is 20.1 Å². The van der Waals surface area contributed by atoms with E-state index in [9.17, 15) is 0 Å².